The summed E-state index contributed by atoms with van der Waals surface area (Å²) in [6, 6.07) is 11.6. The van der Waals surface area contributed by atoms with Crippen molar-refractivity contribution in [3.05, 3.63) is 57.5 Å². The quantitative estimate of drug-likeness (QED) is 0.846. The minimum Gasteiger partial charge on any atom is -0.316 e. The van der Waals surface area contributed by atoms with Crippen LogP contribution in [0.3, 0.4) is 0 Å². The predicted octanol–water partition coefficient (Wildman–Crippen LogP) is 3.82. The number of aryl methyl sites for hydroxylation is 1. The van der Waals surface area contributed by atoms with Crippen molar-refractivity contribution in [2.75, 3.05) is 7.05 Å². The highest BCUT2D eigenvalue weighted by Crippen LogP contribution is 2.19. The van der Waals surface area contributed by atoms with E-state index < -0.39 is 0 Å². The number of hydrogen-bond acceptors (Lipinski definition) is 2. The van der Waals surface area contributed by atoms with E-state index in [1.807, 2.05) is 24.5 Å². The molecule has 2 aromatic rings. The van der Waals surface area contributed by atoms with E-state index >= 15 is 0 Å². The zero-order valence-electron chi connectivity index (χ0n) is 11.4. The molecule has 0 bridgehead atoms. The Bertz CT molecular complexity index is 521. The zero-order valence-corrected chi connectivity index (χ0v) is 12.3. The Morgan fingerprint density at radius 2 is 1.95 bits per heavy atom. The second-order valence-electron chi connectivity index (χ2n) is 4.75. The third-order valence-corrected chi connectivity index (χ3v) is 4.54. The molecule has 2 rings (SSSR count). The van der Waals surface area contributed by atoms with E-state index in [-0.39, 0.29) is 5.82 Å². The van der Waals surface area contributed by atoms with Crippen LogP contribution >= 0.6 is 11.3 Å². The molecule has 0 fully saturated rings. The van der Waals surface area contributed by atoms with Gasteiger partial charge in [0.2, 0.25) is 0 Å². The molecule has 0 radical (unpaired) electrons. The molecule has 0 saturated heterocycles. The van der Waals surface area contributed by atoms with E-state index in [9.17, 15) is 4.39 Å². The van der Waals surface area contributed by atoms with Crippen LogP contribution < -0.4 is 5.32 Å². The highest BCUT2D eigenvalue weighted by atomic mass is 32.1. The van der Waals surface area contributed by atoms with Crippen molar-refractivity contribution in [3.8, 4) is 0 Å². The van der Waals surface area contributed by atoms with E-state index in [2.05, 4.69) is 24.4 Å². The van der Waals surface area contributed by atoms with Crippen molar-refractivity contribution >= 4 is 11.3 Å². The van der Waals surface area contributed by atoms with Crippen molar-refractivity contribution in [2.45, 2.75) is 32.2 Å². The number of hydrogen-bond donors (Lipinski definition) is 1. The molecule has 0 aliphatic rings. The standard InChI is InChI=1S/C16H20FNS/c1-3-15-7-8-16(19-15)11-14(18-2)10-12-5-4-6-13(17)9-12/h4-9,14,18H,3,10-11H2,1-2H3. The fourth-order valence-electron chi connectivity index (χ4n) is 2.19. The molecule has 0 aliphatic heterocycles. The smallest absolute Gasteiger partial charge is 0.123 e. The van der Waals surface area contributed by atoms with Gasteiger partial charge in [0.1, 0.15) is 5.82 Å². The first-order chi connectivity index (χ1) is 9.21. The van der Waals surface area contributed by atoms with Gasteiger partial charge < -0.3 is 5.32 Å². The lowest BCUT2D eigenvalue weighted by Gasteiger charge is -2.15. The average Bonchev–Trinajstić information content (AvgIpc) is 2.85. The Balaban J connectivity index is 2.00. The van der Waals surface area contributed by atoms with Gasteiger partial charge >= 0.3 is 0 Å². The molecule has 0 spiro atoms. The third kappa shape index (κ3) is 4.15. The fraction of sp³-hybridized carbons (Fsp3) is 0.375. The molecule has 102 valence electrons. The summed E-state index contributed by atoms with van der Waals surface area (Å²) in [5.74, 6) is -0.156. The summed E-state index contributed by atoms with van der Waals surface area (Å²) in [5.41, 5.74) is 1.05. The average molecular weight is 277 g/mol. The number of halogens is 1. The summed E-state index contributed by atoms with van der Waals surface area (Å²) >= 11 is 1.88. The zero-order chi connectivity index (χ0) is 13.7. The lowest BCUT2D eigenvalue weighted by molar-refractivity contribution is 0.556. The summed E-state index contributed by atoms with van der Waals surface area (Å²) < 4.78 is 13.2. The Hall–Kier alpha value is -1.19. The summed E-state index contributed by atoms with van der Waals surface area (Å²) in [4.78, 5) is 2.82. The number of likely N-dealkylation sites (N-methyl/N-ethyl adjacent to an activating group) is 1. The minimum atomic E-state index is -0.156. The minimum absolute atomic E-state index is 0.156. The normalized spacial score (nSPS) is 12.6. The van der Waals surface area contributed by atoms with Crippen molar-refractivity contribution in [1.29, 1.82) is 0 Å². The molecular weight excluding hydrogens is 257 g/mol. The van der Waals surface area contributed by atoms with Crippen LogP contribution in [0.4, 0.5) is 4.39 Å². The molecule has 3 heteroatoms. The molecule has 1 aromatic carbocycles. The van der Waals surface area contributed by atoms with Crippen LogP contribution in [0.2, 0.25) is 0 Å². The van der Waals surface area contributed by atoms with Gasteiger partial charge in [-0.1, -0.05) is 19.1 Å². The lowest BCUT2D eigenvalue weighted by Crippen LogP contribution is -2.29. The molecule has 1 nitrogen and oxygen atoms in total. The van der Waals surface area contributed by atoms with Crippen LogP contribution in [0.5, 0.6) is 0 Å². The van der Waals surface area contributed by atoms with Gasteiger partial charge in [-0.05, 0) is 56.1 Å². The molecular formula is C16H20FNS. The number of benzene rings is 1. The van der Waals surface area contributed by atoms with Gasteiger partial charge in [-0.2, -0.15) is 0 Å². The molecule has 0 saturated carbocycles. The summed E-state index contributed by atoms with van der Waals surface area (Å²) in [5, 5.41) is 3.33. The SMILES string of the molecule is CCc1ccc(CC(Cc2cccc(F)c2)NC)s1. The van der Waals surface area contributed by atoms with Gasteiger partial charge in [0.25, 0.3) is 0 Å². The van der Waals surface area contributed by atoms with Crippen molar-refractivity contribution in [3.63, 3.8) is 0 Å². The molecule has 1 unspecified atom stereocenters. The maximum Gasteiger partial charge on any atom is 0.123 e. The van der Waals surface area contributed by atoms with Crippen LogP contribution in [0.1, 0.15) is 22.2 Å². The number of nitrogens with one attached hydrogen (secondary N) is 1. The van der Waals surface area contributed by atoms with E-state index in [1.165, 1.54) is 15.8 Å². The summed E-state index contributed by atoms with van der Waals surface area (Å²) in [6.07, 6.45) is 2.95. The lowest BCUT2D eigenvalue weighted by atomic mass is 10.0. The molecule has 1 aromatic heterocycles. The molecule has 1 N–H and O–H groups in total. The second kappa shape index (κ2) is 6.83. The molecule has 19 heavy (non-hydrogen) atoms. The maximum atomic E-state index is 13.2. The van der Waals surface area contributed by atoms with Crippen molar-refractivity contribution < 1.29 is 4.39 Å². The highest BCUT2D eigenvalue weighted by molar-refractivity contribution is 7.11. The topological polar surface area (TPSA) is 12.0 Å². The van der Waals surface area contributed by atoms with E-state index in [0.29, 0.717) is 6.04 Å². The van der Waals surface area contributed by atoms with E-state index in [0.717, 1.165) is 24.8 Å². The largest absolute Gasteiger partial charge is 0.316 e. The van der Waals surface area contributed by atoms with Gasteiger partial charge in [0.05, 0.1) is 0 Å². The Kier molecular flexibility index (Phi) is 5.11. The van der Waals surface area contributed by atoms with Gasteiger partial charge in [-0.3, -0.25) is 0 Å². The van der Waals surface area contributed by atoms with Gasteiger partial charge in [0, 0.05) is 15.8 Å². The van der Waals surface area contributed by atoms with Gasteiger partial charge in [-0.15, -0.1) is 11.3 Å². The molecule has 0 aliphatic carbocycles. The van der Waals surface area contributed by atoms with E-state index in [1.54, 1.807) is 12.1 Å². The summed E-state index contributed by atoms with van der Waals surface area (Å²) in [6.45, 7) is 2.18. The van der Waals surface area contributed by atoms with Crippen LogP contribution in [0.25, 0.3) is 0 Å². The van der Waals surface area contributed by atoms with Crippen LogP contribution in [-0.2, 0) is 19.3 Å². The van der Waals surface area contributed by atoms with Crippen molar-refractivity contribution in [2.24, 2.45) is 0 Å². The monoisotopic (exact) mass is 277 g/mol. The molecule has 0 amide bonds. The first kappa shape index (κ1) is 14.2. The Morgan fingerprint density at radius 1 is 1.16 bits per heavy atom. The third-order valence-electron chi connectivity index (χ3n) is 3.29. The van der Waals surface area contributed by atoms with Crippen molar-refractivity contribution in [1.82, 2.24) is 5.32 Å². The fourth-order valence-corrected chi connectivity index (χ4v) is 3.23. The van der Waals surface area contributed by atoms with Crippen LogP contribution in [0.15, 0.2) is 36.4 Å². The number of thiophene rings is 1. The maximum absolute atomic E-state index is 13.2. The first-order valence-corrected chi connectivity index (χ1v) is 7.52. The Labute approximate surface area is 118 Å². The highest BCUT2D eigenvalue weighted by Gasteiger charge is 2.10. The first-order valence-electron chi connectivity index (χ1n) is 6.70. The predicted molar refractivity (Wildman–Crippen MR) is 80.4 cm³/mol. The second-order valence-corrected chi connectivity index (χ2v) is 6.00. The van der Waals surface area contributed by atoms with Gasteiger partial charge in [0.15, 0.2) is 0 Å². The Morgan fingerprint density at radius 3 is 2.58 bits per heavy atom. The molecule has 1 heterocycles. The molecule has 1 atom stereocenters. The van der Waals surface area contributed by atoms with Gasteiger partial charge in [-0.25, -0.2) is 4.39 Å². The number of rotatable bonds is 6. The van der Waals surface area contributed by atoms with E-state index in [4.69, 9.17) is 0 Å². The summed E-state index contributed by atoms with van der Waals surface area (Å²) in [7, 11) is 1.97. The van der Waals surface area contributed by atoms with Crippen LogP contribution in [-0.4, -0.2) is 13.1 Å². The van der Waals surface area contributed by atoms with Crippen LogP contribution in [0, 0.1) is 5.82 Å².